The van der Waals surface area contributed by atoms with Gasteiger partial charge in [-0.1, -0.05) is 38.1 Å². The van der Waals surface area contributed by atoms with Gasteiger partial charge in [-0.3, -0.25) is 9.10 Å². The summed E-state index contributed by atoms with van der Waals surface area (Å²) in [6, 6.07) is 14.8. The zero-order valence-electron chi connectivity index (χ0n) is 17.5. The van der Waals surface area contributed by atoms with Crippen molar-refractivity contribution < 1.29 is 13.2 Å². The van der Waals surface area contributed by atoms with Gasteiger partial charge in [0, 0.05) is 19.8 Å². The molecule has 0 saturated heterocycles. The van der Waals surface area contributed by atoms with Crippen LogP contribution >= 0.6 is 0 Å². The average molecular weight is 417 g/mol. The molecule has 0 radical (unpaired) electrons. The number of carbonyl (C=O) groups excluding carboxylic acids is 1. The first-order valence-electron chi connectivity index (χ1n) is 9.25. The molecular formula is C21H28N4O3S. The molecule has 156 valence electrons. The Labute approximate surface area is 173 Å². The number of amides is 1. The lowest BCUT2D eigenvalue weighted by molar-refractivity contribution is -0.119. The van der Waals surface area contributed by atoms with Crippen LogP contribution in [0.5, 0.6) is 0 Å². The second kappa shape index (κ2) is 9.56. The maximum atomic E-state index is 12.2. The van der Waals surface area contributed by atoms with Gasteiger partial charge < -0.3 is 4.90 Å². The Morgan fingerprint density at radius 1 is 1.03 bits per heavy atom. The number of benzene rings is 2. The number of hydrogen-bond donors (Lipinski definition) is 1. The quantitative estimate of drug-likeness (QED) is 0.530. The van der Waals surface area contributed by atoms with Gasteiger partial charge in [0.1, 0.15) is 6.54 Å². The standard InChI is InChI=1S/C21H28N4O3S/c1-16(2)18-8-12-20(13-9-18)25(29(5,27)28)15-21(26)23-22-14-17-6-10-19(11-7-17)24(3)4/h6-14,16H,15H2,1-5H3,(H,23,26)/b22-14-. The van der Waals surface area contributed by atoms with Crippen molar-refractivity contribution in [1.29, 1.82) is 0 Å². The van der Waals surface area contributed by atoms with Gasteiger partial charge in [0.05, 0.1) is 18.2 Å². The van der Waals surface area contributed by atoms with Gasteiger partial charge in [0.15, 0.2) is 0 Å². The van der Waals surface area contributed by atoms with Crippen molar-refractivity contribution in [3.63, 3.8) is 0 Å². The van der Waals surface area contributed by atoms with Crippen LogP contribution < -0.4 is 14.6 Å². The molecule has 1 amide bonds. The van der Waals surface area contributed by atoms with Crippen molar-refractivity contribution in [2.45, 2.75) is 19.8 Å². The number of hydrazone groups is 1. The van der Waals surface area contributed by atoms with Gasteiger partial charge in [-0.15, -0.1) is 0 Å². The molecule has 0 atom stereocenters. The fourth-order valence-corrected chi connectivity index (χ4v) is 3.49. The Morgan fingerprint density at radius 2 is 1.59 bits per heavy atom. The molecule has 0 fully saturated rings. The molecule has 0 aliphatic heterocycles. The number of sulfonamides is 1. The van der Waals surface area contributed by atoms with E-state index in [9.17, 15) is 13.2 Å². The molecule has 1 N–H and O–H groups in total. The molecule has 2 rings (SSSR count). The minimum Gasteiger partial charge on any atom is -0.378 e. The third-order valence-corrected chi connectivity index (χ3v) is 5.49. The maximum absolute atomic E-state index is 12.2. The monoisotopic (exact) mass is 416 g/mol. The number of anilines is 2. The predicted octanol–water partition coefficient (Wildman–Crippen LogP) is 2.79. The van der Waals surface area contributed by atoms with Crippen LogP contribution in [0.2, 0.25) is 0 Å². The maximum Gasteiger partial charge on any atom is 0.260 e. The van der Waals surface area contributed by atoms with Crippen LogP contribution in [0, 0.1) is 0 Å². The molecule has 0 bridgehead atoms. The molecule has 0 heterocycles. The van der Waals surface area contributed by atoms with Gasteiger partial charge in [0.25, 0.3) is 5.91 Å². The summed E-state index contributed by atoms with van der Waals surface area (Å²) in [6.07, 6.45) is 2.59. The number of nitrogens with one attached hydrogen (secondary N) is 1. The summed E-state index contributed by atoms with van der Waals surface area (Å²) >= 11 is 0. The van der Waals surface area contributed by atoms with Crippen LogP contribution in [0.25, 0.3) is 0 Å². The minimum atomic E-state index is -3.62. The molecule has 0 aromatic heterocycles. The van der Waals surface area contributed by atoms with E-state index < -0.39 is 15.9 Å². The fourth-order valence-electron chi connectivity index (χ4n) is 2.63. The van der Waals surface area contributed by atoms with E-state index in [2.05, 4.69) is 24.4 Å². The molecule has 0 unspecified atom stereocenters. The first-order chi connectivity index (χ1) is 13.6. The lowest BCUT2D eigenvalue weighted by atomic mass is 10.0. The molecule has 8 heteroatoms. The second-order valence-electron chi connectivity index (χ2n) is 7.30. The van der Waals surface area contributed by atoms with Crippen molar-refractivity contribution in [1.82, 2.24) is 5.43 Å². The fraction of sp³-hybridized carbons (Fsp3) is 0.333. The summed E-state index contributed by atoms with van der Waals surface area (Å²) in [5.41, 5.74) is 5.79. The lowest BCUT2D eigenvalue weighted by Gasteiger charge is -2.21. The van der Waals surface area contributed by atoms with E-state index in [1.54, 1.807) is 12.1 Å². The summed E-state index contributed by atoms with van der Waals surface area (Å²) in [4.78, 5) is 14.2. The van der Waals surface area contributed by atoms with Gasteiger partial charge in [-0.05, 0) is 41.3 Å². The summed E-state index contributed by atoms with van der Waals surface area (Å²) in [6.45, 7) is 3.77. The van der Waals surface area contributed by atoms with E-state index in [0.29, 0.717) is 11.6 Å². The number of nitrogens with zero attached hydrogens (tertiary/aromatic N) is 3. The highest BCUT2D eigenvalue weighted by Gasteiger charge is 2.20. The Balaban J connectivity index is 2.04. The van der Waals surface area contributed by atoms with E-state index in [-0.39, 0.29) is 6.54 Å². The molecule has 0 saturated carbocycles. The van der Waals surface area contributed by atoms with Gasteiger partial charge in [-0.2, -0.15) is 5.10 Å². The highest BCUT2D eigenvalue weighted by atomic mass is 32.2. The van der Waals surface area contributed by atoms with Crippen LogP contribution in [-0.4, -0.2) is 47.4 Å². The van der Waals surface area contributed by atoms with Crippen molar-refractivity contribution in [2.24, 2.45) is 5.10 Å². The Hall–Kier alpha value is -2.87. The SMILES string of the molecule is CC(C)c1ccc(N(CC(=O)N/N=C\c2ccc(N(C)C)cc2)S(C)(=O)=O)cc1. The third-order valence-electron chi connectivity index (χ3n) is 4.35. The van der Waals surface area contributed by atoms with Crippen molar-refractivity contribution in [3.8, 4) is 0 Å². The molecule has 2 aromatic carbocycles. The first kappa shape index (κ1) is 22.4. The van der Waals surface area contributed by atoms with Crippen LogP contribution in [0.4, 0.5) is 11.4 Å². The topological polar surface area (TPSA) is 82.1 Å². The summed E-state index contributed by atoms with van der Waals surface area (Å²) in [7, 11) is 0.283. The van der Waals surface area contributed by atoms with Crippen molar-refractivity contribution in [2.75, 3.05) is 36.1 Å². The normalized spacial score (nSPS) is 11.7. The zero-order valence-corrected chi connectivity index (χ0v) is 18.3. The van der Waals surface area contributed by atoms with Gasteiger partial charge in [-0.25, -0.2) is 13.8 Å². The van der Waals surface area contributed by atoms with E-state index in [1.165, 1.54) is 6.21 Å². The molecule has 2 aromatic rings. The number of hydrogen-bond acceptors (Lipinski definition) is 5. The molecule has 7 nitrogen and oxygen atoms in total. The van der Waals surface area contributed by atoms with E-state index in [4.69, 9.17) is 0 Å². The molecule has 0 aliphatic rings. The predicted molar refractivity (Wildman–Crippen MR) is 119 cm³/mol. The van der Waals surface area contributed by atoms with E-state index in [0.717, 1.165) is 27.4 Å². The highest BCUT2D eigenvalue weighted by molar-refractivity contribution is 7.92. The highest BCUT2D eigenvalue weighted by Crippen LogP contribution is 2.21. The molecule has 29 heavy (non-hydrogen) atoms. The largest absolute Gasteiger partial charge is 0.378 e. The summed E-state index contributed by atoms with van der Waals surface area (Å²) in [5, 5.41) is 3.92. The average Bonchev–Trinajstić information content (AvgIpc) is 2.65. The number of carbonyl (C=O) groups is 1. The summed E-state index contributed by atoms with van der Waals surface area (Å²) < 4.78 is 25.4. The van der Waals surface area contributed by atoms with Gasteiger partial charge in [0.2, 0.25) is 10.0 Å². The zero-order chi connectivity index (χ0) is 21.6. The Morgan fingerprint density at radius 3 is 2.07 bits per heavy atom. The van der Waals surface area contributed by atoms with E-state index in [1.807, 2.05) is 55.4 Å². The molecule has 0 aliphatic carbocycles. The summed E-state index contributed by atoms with van der Waals surface area (Å²) in [5.74, 6) is -0.190. The Bertz CT molecular complexity index is 950. The van der Waals surface area contributed by atoms with Gasteiger partial charge >= 0.3 is 0 Å². The Kier molecular flexibility index (Phi) is 7.39. The smallest absolute Gasteiger partial charge is 0.260 e. The van der Waals surface area contributed by atoms with Crippen LogP contribution in [0.15, 0.2) is 53.6 Å². The first-order valence-corrected chi connectivity index (χ1v) is 11.1. The van der Waals surface area contributed by atoms with Crippen molar-refractivity contribution >= 4 is 33.5 Å². The van der Waals surface area contributed by atoms with Crippen LogP contribution in [0.1, 0.15) is 30.9 Å². The van der Waals surface area contributed by atoms with Crippen LogP contribution in [0.3, 0.4) is 0 Å². The molecule has 0 spiro atoms. The van der Waals surface area contributed by atoms with Crippen molar-refractivity contribution in [3.05, 3.63) is 59.7 Å². The van der Waals surface area contributed by atoms with E-state index >= 15 is 0 Å². The van der Waals surface area contributed by atoms with Crippen LogP contribution in [-0.2, 0) is 14.8 Å². The number of rotatable bonds is 8. The second-order valence-corrected chi connectivity index (χ2v) is 9.20. The molecular weight excluding hydrogens is 388 g/mol. The third kappa shape index (κ3) is 6.60. The lowest BCUT2D eigenvalue weighted by Crippen LogP contribution is -2.39. The minimum absolute atomic E-state index is 0.333.